The van der Waals surface area contributed by atoms with Crippen LogP contribution in [-0.2, 0) is 0 Å². The van der Waals surface area contributed by atoms with Gasteiger partial charge in [-0.2, -0.15) is 5.11 Å². The number of thiazole rings is 1. The smallest absolute Gasteiger partial charge is 0.230 e. The van der Waals surface area contributed by atoms with E-state index in [1.165, 1.54) is 11.3 Å². The normalized spacial score (nSPS) is 11.3. The van der Waals surface area contributed by atoms with Crippen LogP contribution in [0.5, 0.6) is 5.75 Å². The van der Waals surface area contributed by atoms with Gasteiger partial charge in [0, 0.05) is 0 Å². The van der Waals surface area contributed by atoms with Crippen LogP contribution in [0.1, 0.15) is 6.92 Å². The molecule has 0 unspecified atom stereocenters. The van der Waals surface area contributed by atoms with Gasteiger partial charge in [-0.1, -0.05) is 11.3 Å². The van der Waals surface area contributed by atoms with Crippen LogP contribution in [0.2, 0.25) is 0 Å². The molecule has 1 aromatic heterocycles. The minimum atomic E-state index is 0.680. The Balaban J connectivity index is 2.42. The topological polar surface area (TPSA) is 46.8 Å². The largest absolute Gasteiger partial charge is 0.497 e. The van der Waals surface area contributed by atoms with Gasteiger partial charge in [0.15, 0.2) is 0 Å². The maximum absolute atomic E-state index is 5.14. The summed E-state index contributed by atoms with van der Waals surface area (Å²) in [5.41, 5.74) is 0.936. The molecule has 0 amide bonds. The van der Waals surface area contributed by atoms with Crippen LogP contribution >= 0.6 is 11.3 Å². The van der Waals surface area contributed by atoms with Crippen molar-refractivity contribution in [3.05, 3.63) is 18.2 Å². The van der Waals surface area contributed by atoms with E-state index < -0.39 is 0 Å². The maximum atomic E-state index is 5.14. The van der Waals surface area contributed by atoms with Gasteiger partial charge in [-0.3, -0.25) is 0 Å². The lowest BCUT2D eigenvalue weighted by atomic mass is 10.3. The molecular weight excluding hydrogens is 210 g/mol. The molecule has 0 bridgehead atoms. The Labute approximate surface area is 91.6 Å². The fourth-order valence-electron chi connectivity index (χ4n) is 1.19. The summed E-state index contributed by atoms with van der Waals surface area (Å²) in [4.78, 5) is 4.33. The third-order valence-electron chi connectivity index (χ3n) is 1.88. The average molecular weight is 221 g/mol. The molecule has 1 heterocycles. The second-order valence-corrected chi connectivity index (χ2v) is 3.90. The van der Waals surface area contributed by atoms with E-state index in [4.69, 9.17) is 4.74 Å². The predicted molar refractivity (Wildman–Crippen MR) is 61.2 cm³/mol. The van der Waals surface area contributed by atoms with Crippen molar-refractivity contribution in [3.8, 4) is 5.75 Å². The SMILES string of the molecule is CCN=Nc1nc2ccc(OC)cc2s1. The highest BCUT2D eigenvalue weighted by Crippen LogP contribution is 2.30. The first-order valence-corrected chi connectivity index (χ1v) is 5.47. The van der Waals surface area contributed by atoms with Crippen LogP contribution in [0.25, 0.3) is 10.2 Å². The summed E-state index contributed by atoms with van der Waals surface area (Å²) in [5, 5.41) is 8.63. The molecule has 15 heavy (non-hydrogen) atoms. The van der Waals surface area contributed by atoms with Gasteiger partial charge in [-0.05, 0) is 25.1 Å². The number of methoxy groups -OCH3 is 1. The molecular formula is C10H11N3OS. The fraction of sp³-hybridized carbons (Fsp3) is 0.300. The van der Waals surface area contributed by atoms with Gasteiger partial charge >= 0.3 is 0 Å². The number of azo groups is 1. The Morgan fingerprint density at radius 1 is 1.47 bits per heavy atom. The van der Waals surface area contributed by atoms with Crippen molar-refractivity contribution in [1.82, 2.24) is 4.98 Å². The lowest BCUT2D eigenvalue weighted by Gasteiger charge is -1.96. The van der Waals surface area contributed by atoms with E-state index in [0.717, 1.165) is 16.0 Å². The first-order chi connectivity index (χ1) is 7.33. The van der Waals surface area contributed by atoms with E-state index in [-0.39, 0.29) is 0 Å². The Hall–Kier alpha value is -1.49. The van der Waals surface area contributed by atoms with E-state index in [1.54, 1.807) is 7.11 Å². The lowest BCUT2D eigenvalue weighted by molar-refractivity contribution is 0.415. The van der Waals surface area contributed by atoms with Crippen LogP contribution in [0.15, 0.2) is 28.4 Å². The Morgan fingerprint density at radius 2 is 2.33 bits per heavy atom. The van der Waals surface area contributed by atoms with E-state index in [2.05, 4.69) is 15.2 Å². The van der Waals surface area contributed by atoms with E-state index in [0.29, 0.717) is 11.7 Å². The predicted octanol–water partition coefficient (Wildman–Crippen LogP) is 3.41. The van der Waals surface area contributed by atoms with Gasteiger partial charge in [-0.15, -0.1) is 5.11 Å². The zero-order valence-electron chi connectivity index (χ0n) is 8.60. The molecule has 0 radical (unpaired) electrons. The van der Waals surface area contributed by atoms with Crippen molar-refractivity contribution in [3.63, 3.8) is 0 Å². The molecule has 4 nitrogen and oxygen atoms in total. The minimum Gasteiger partial charge on any atom is -0.497 e. The van der Waals surface area contributed by atoms with Crippen LogP contribution in [-0.4, -0.2) is 18.6 Å². The Kier molecular flexibility index (Phi) is 2.91. The van der Waals surface area contributed by atoms with Gasteiger partial charge in [-0.25, -0.2) is 4.98 Å². The van der Waals surface area contributed by atoms with Crippen molar-refractivity contribution in [1.29, 1.82) is 0 Å². The Morgan fingerprint density at radius 3 is 3.07 bits per heavy atom. The van der Waals surface area contributed by atoms with Crippen LogP contribution < -0.4 is 4.74 Å². The molecule has 0 atom stereocenters. The molecule has 5 heteroatoms. The minimum absolute atomic E-state index is 0.680. The number of hydrogen-bond acceptors (Lipinski definition) is 5. The van der Waals surface area contributed by atoms with E-state index in [1.807, 2.05) is 25.1 Å². The van der Waals surface area contributed by atoms with Crippen molar-refractivity contribution >= 4 is 26.7 Å². The summed E-state index contributed by atoms with van der Waals surface area (Å²) >= 11 is 1.52. The van der Waals surface area contributed by atoms with Gasteiger partial charge in [0.2, 0.25) is 5.13 Å². The summed E-state index contributed by atoms with van der Waals surface area (Å²) in [6, 6.07) is 5.77. The third kappa shape index (κ3) is 2.12. The van der Waals surface area contributed by atoms with Gasteiger partial charge < -0.3 is 4.74 Å². The average Bonchev–Trinajstić information content (AvgIpc) is 2.67. The van der Waals surface area contributed by atoms with Gasteiger partial charge in [0.1, 0.15) is 5.75 Å². The molecule has 2 rings (SSSR count). The fourth-order valence-corrected chi connectivity index (χ4v) is 2.03. The number of rotatable bonds is 3. The zero-order chi connectivity index (χ0) is 10.7. The molecule has 78 valence electrons. The highest BCUT2D eigenvalue weighted by atomic mass is 32.1. The first-order valence-electron chi connectivity index (χ1n) is 4.65. The molecule has 0 aliphatic heterocycles. The number of hydrogen-bond donors (Lipinski definition) is 0. The number of aromatic nitrogens is 1. The molecule has 2 aromatic rings. The molecule has 0 saturated carbocycles. The second-order valence-electron chi connectivity index (χ2n) is 2.89. The summed E-state index contributed by atoms with van der Waals surface area (Å²) in [7, 11) is 1.65. The number of nitrogens with zero attached hydrogens (tertiary/aromatic N) is 3. The summed E-state index contributed by atoms with van der Waals surface area (Å²) in [6.45, 7) is 2.62. The molecule has 0 aliphatic carbocycles. The molecule has 0 aliphatic rings. The first kappa shape index (κ1) is 10.0. The second kappa shape index (κ2) is 4.35. The third-order valence-corrected chi connectivity index (χ3v) is 2.78. The number of fused-ring (bicyclic) bond motifs is 1. The van der Waals surface area contributed by atoms with Crippen LogP contribution in [0.4, 0.5) is 5.13 Å². The van der Waals surface area contributed by atoms with Gasteiger partial charge in [0.05, 0.1) is 23.9 Å². The number of ether oxygens (including phenoxy) is 1. The molecule has 0 spiro atoms. The molecule has 0 N–H and O–H groups in total. The lowest BCUT2D eigenvalue weighted by Crippen LogP contribution is -1.80. The molecule has 1 aromatic carbocycles. The number of benzene rings is 1. The maximum Gasteiger partial charge on any atom is 0.230 e. The van der Waals surface area contributed by atoms with Crippen molar-refractivity contribution in [2.75, 3.05) is 13.7 Å². The van der Waals surface area contributed by atoms with Crippen LogP contribution in [0, 0.1) is 0 Å². The Bertz CT molecular complexity index is 492. The standard InChI is InChI=1S/C10H11N3OS/c1-3-11-13-10-12-8-5-4-7(14-2)6-9(8)15-10/h4-6H,3H2,1-2H3. The van der Waals surface area contributed by atoms with Crippen molar-refractivity contribution < 1.29 is 4.74 Å². The summed E-state index contributed by atoms with van der Waals surface area (Å²) in [5.74, 6) is 0.838. The van der Waals surface area contributed by atoms with E-state index in [9.17, 15) is 0 Å². The van der Waals surface area contributed by atoms with Gasteiger partial charge in [0.25, 0.3) is 0 Å². The molecule has 0 fully saturated rings. The zero-order valence-corrected chi connectivity index (χ0v) is 9.41. The monoisotopic (exact) mass is 221 g/mol. The van der Waals surface area contributed by atoms with E-state index >= 15 is 0 Å². The van der Waals surface area contributed by atoms with Crippen LogP contribution in [0.3, 0.4) is 0 Å². The summed E-state index contributed by atoms with van der Waals surface area (Å²) in [6.07, 6.45) is 0. The molecule has 0 saturated heterocycles. The van der Waals surface area contributed by atoms with Crippen molar-refractivity contribution in [2.45, 2.75) is 6.92 Å². The highest BCUT2D eigenvalue weighted by Gasteiger charge is 2.03. The summed E-state index contributed by atoms with van der Waals surface area (Å²) < 4.78 is 6.21. The quantitative estimate of drug-likeness (QED) is 0.745. The van der Waals surface area contributed by atoms with Crippen molar-refractivity contribution in [2.24, 2.45) is 10.2 Å². The highest BCUT2D eigenvalue weighted by molar-refractivity contribution is 7.21.